The third-order valence-electron chi connectivity index (χ3n) is 1.84. The SMILES string of the molecule is CC(CSC(F)(F)F)NC(=O)c1cncc(Br)c1. The van der Waals surface area contributed by atoms with E-state index in [4.69, 9.17) is 0 Å². The lowest BCUT2D eigenvalue weighted by Gasteiger charge is -2.14. The summed E-state index contributed by atoms with van der Waals surface area (Å²) in [5, 5.41) is 2.48. The molecule has 100 valence electrons. The second-order valence-corrected chi connectivity index (χ2v) is 5.52. The fourth-order valence-electron chi connectivity index (χ4n) is 1.10. The third kappa shape index (κ3) is 5.72. The maximum atomic E-state index is 12.0. The van der Waals surface area contributed by atoms with Gasteiger partial charge in [-0.15, -0.1) is 0 Å². The zero-order valence-electron chi connectivity index (χ0n) is 9.29. The number of nitrogens with zero attached hydrogens (tertiary/aromatic N) is 1. The van der Waals surface area contributed by atoms with Crippen LogP contribution in [0.15, 0.2) is 22.9 Å². The van der Waals surface area contributed by atoms with Crippen molar-refractivity contribution >= 4 is 33.6 Å². The van der Waals surface area contributed by atoms with Crippen molar-refractivity contribution in [1.82, 2.24) is 10.3 Å². The summed E-state index contributed by atoms with van der Waals surface area (Å²) in [5.41, 5.74) is -3.98. The minimum atomic E-state index is -4.28. The van der Waals surface area contributed by atoms with Crippen molar-refractivity contribution < 1.29 is 18.0 Å². The summed E-state index contributed by atoms with van der Waals surface area (Å²) in [6, 6.07) is 0.967. The van der Waals surface area contributed by atoms with Gasteiger partial charge in [0.15, 0.2) is 0 Å². The summed E-state index contributed by atoms with van der Waals surface area (Å²) in [4.78, 5) is 15.5. The molecule has 0 spiro atoms. The average Bonchev–Trinajstić information content (AvgIpc) is 2.25. The number of hydrogen-bond donors (Lipinski definition) is 1. The number of amides is 1. The van der Waals surface area contributed by atoms with Crippen molar-refractivity contribution in [3.63, 3.8) is 0 Å². The molecule has 18 heavy (non-hydrogen) atoms. The highest BCUT2D eigenvalue weighted by molar-refractivity contribution is 9.10. The molecule has 1 atom stereocenters. The highest BCUT2D eigenvalue weighted by atomic mass is 79.9. The van der Waals surface area contributed by atoms with Gasteiger partial charge in [-0.1, -0.05) is 0 Å². The predicted octanol–water partition coefficient (Wildman–Crippen LogP) is 3.22. The predicted molar refractivity (Wildman–Crippen MR) is 67.4 cm³/mol. The van der Waals surface area contributed by atoms with E-state index in [-0.39, 0.29) is 17.5 Å². The molecule has 0 bridgehead atoms. The van der Waals surface area contributed by atoms with E-state index < -0.39 is 17.5 Å². The number of carbonyl (C=O) groups excluding carboxylic acids is 1. The summed E-state index contributed by atoms with van der Waals surface area (Å²) in [6.07, 6.45) is 2.86. The van der Waals surface area contributed by atoms with Gasteiger partial charge in [-0.05, 0) is 40.7 Å². The van der Waals surface area contributed by atoms with E-state index in [1.807, 2.05) is 0 Å². The summed E-state index contributed by atoms with van der Waals surface area (Å²) < 4.78 is 36.5. The van der Waals surface area contributed by atoms with Gasteiger partial charge < -0.3 is 5.32 Å². The fraction of sp³-hybridized carbons (Fsp3) is 0.400. The van der Waals surface area contributed by atoms with Gasteiger partial charge in [0.25, 0.3) is 5.91 Å². The zero-order chi connectivity index (χ0) is 13.8. The van der Waals surface area contributed by atoms with Crippen molar-refractivity contribution in [2.45, 2.75) is 18.5 Å². The Morgan fingerprint density at radius 1 is 1.56 bits per heavy atom. The Balaban J connectivity index is 2.50. The Morgan fingerprint density at radius 2 is 2.22 bits per heavy atom. The zero-order valence-corrected chi connectivity index (χ0v) is 11.7. The standard InChI is InChI=1S/C10H10BrF3N2OS/c1-6(5-18-10(12,13)14)16-9(17)7-2-8(11)4-15-3-7/h2-4,6H,5H2,1H3,(H,16,17). The van der Waals surface area contributed by atoms with Crippen molar-refractivity contribution in [2.24, 2.45) is 0 Å². The van der Waals surface area contributed by atoms with Crippen molar-refractivity contribution in [3.05, 3.63) is 28.5 Å². The highest BCUT2D eigenvalue weighted by Gasteiger charge is 2.29. The first-order valence-electron chi connectivity index (χ1n) is 4.90. The van der Waals surface area contributed by atoms with E-state index in [1.165, 1.54) is 19.3 Å². The van der Waals surface area contributed by atoms with Crippen molar-refractivity contribution in [1.29, 1.82) is 0 Å². The van der Waals surface area contributed by atoms with Crippen LogP contribution in [-0.2, 0) is 0 Å². The number of alkyl halides is 3. The molecule has 1 N–H and O–H groups in total. The molecule has 0 fully saturated rings. The molecule has 0 aromatic carbocycles. The Labute approximate surface area is 115 Å². The van der Waals surface area contributed by atoms with Gasteiger partial charge in [-0.3, -0.25) is 9.78 Å². The Bertz CT molecular complexity index is 428. The molecule has 0 radical (unpaired) electrons. The van der Waals surface area contributed by atoms with Crippen LogP contribution < -0.4 is 5.32 Å². The van der Waals surface area contributed by atoms with Crippen molar-refractivity contribution in [3.8, 4) is 0 Å². The summed E-state index contributed by atoms with van der Waals surface area (Å²) in [7, 11) is 0. The number of carbonyl (C=O) groups is 1. The van der Waals surface area contributed by atoms with Crippen LogP contribution in [0.2, 0.25) is 0 Å². The van der Waals surface area contributed by atoms with Crippen LogP contribution in [0.5, 0.6) is 0 Å². The van der Waals surface area contributed by atoms with Crippen LogP contribution in [0.1, 0.15) is 17.3 Å². The monoisotopic (exact) mass is 342 g/mol. The average molecular weight is 343 g/mol. The number of nitrogens with one attached hydrogen (secondary N) is 1. The van der Waals surface area contributed by atoms with Crippen LogP contribution >= 0.6 is 27.7 Å². The van der Waals surface area contributed by atoms with E-state index in [0.717, 1.165) is 0 Å². The quantitative estimate of drug-likeness (QED) is 0.913. The summed E-state index contributed by atoms with van der Waals surface area (Å²) in [5.74, 6) is -0.671. The molecule has 1 aromatic heterocycles. The second-order valence-electron chi connectivity index (χ2n) is 3.52. The van der Waals surface area contributed by atoms with Gasteiger partial charge >= 0.3 is 5.51 Å². The molecule has 1 aromatic rings. The summed E-state index contributed by atoms with van der Waals surface area (Å²) >= 11 is 3.00. The second kappa shape index (κ2) is 6.42. The van der Waals surface area contributed by atoms with Crippen molar-refractivity contribution in [2.75, 3.05) is 5.75 Å². The number of pyridine rings is 1. The number of thioether (sulfide) groups is 1. The van der Waals surface area contributed by atoms with Gasteiger partial charge in [-0.25, -0.2) is 0 Å². The molecule has 0 aliphatic carbocycles. The lowest BCUT2D eigenvalue weighted by Crippen LogP contribution is -2.35. The Hall–Kier alpha value is -0.760. The maximum Gasteiger partial charge on any atom is 0.441 e. The first kappa shape index (κ1) is 15.3. The van der Waals surface area contributed by atoms with Gasteiger partial charge in [0.05, 0.1) is 5.56 Å². The van der Waals surface area contributed by atoms with Gasteiger partial charge in [0.2, 0.25) is 0 Å². The topological polar surface area (TPSA) is 42.0 Å². The van der Waals surface area contributed by atoms with Crippen LogP contribution in [0.3, 0.4) is 0 Å². The fourth-order valence-corrected chi connectivity index (χ4v) is 1.99. The number of halogens is 4. The molecular weight excluding hydrogens is 333 g/mol. The van der Waals surface area contributed by atoms with Crippen LogP contribution in [0.25, 0.3) is 0 Å². The lowest BCUT2D eigenvalue weighted by atomic mass is 10.2. The molecular formula is C10H10BrF3N2OS. The maximum absolute atomic E-state index is 12.0. The third-order valence-corrected chi connectivity index (χ3v) is 3.27. The molecule has 1 heterocycles. The first-order chi connectivity index (χ1) is 8.28. The normalized spacial score (nSPS) is 13.2. The lowest BCUT2D eigenvalue weighted by molar-refractivity contribution is -0.0329. The minimum Gasteiger partial charge on any atom is -0.349 e. The van der Waals surface area contributed by atoms with E-state index >= 15 is 0 Å². The Kier molecular flexibility index (Phi) is 5.46. The number of hydrogen-bond acceptors (Lipinski definition) is 3. The molecule has 0 aliphatic rings. The van der Waals surface area contributed by atoms with E-state index in [0.29, 0.717) is 10.0 Å². The first-order valence-corrected chi connectivity index (χ1v) is 6.68. The van der Waals surface area contributed by atoms with E-state index in [1.54, 1.807) is 6.07 Å². The molecule has 1 amide bonds. The molecule has 3 nitrogen and oxygen atoms in total. The smallest absolute Gasteiger partial charge is 0.349 e. The van der Waals surface area contributed by atoms with Gasteiger partial charge in [0, 0.05) is 28.7 Å². The van der Waals surface area contributed by atoms with Crippen LogP contribution in [0, 0.1) is 0 Å². The van der Waals surface area contributed by atoms with Gasteiger partial charge in [-0.2, -0.15) is 13.2 Å². The summed E-state index contributed by atoms with van der Waals surface area (Å²) in [6.45, 7) is 1.52. The van der Waals surface area contributed by atoms with Crippen LogP contribution in [0.4, 0.5) is 13.2 Å². The molecule has 1 unspecified atom stereocenters. The minimum absolute atomic E-state index is 0.158. The highest BCUT2D eigenvalue weighted by Crippen LogP contribution is 2.30. The van der Waals surface area contributed by atoms with E-state index in [2.05, 4.69) is 26.2 Å². The Morgan fingerprint density at radius 3 is 2.78 bits per heavy atom. The van der Waals surface area contributed by atoms with Crippen LogP contribution in [-0.4, -0.2) is 28.2 Å². The molecule has 1 rings (SSSR count). The van der Waals surface area contributed by atoms with Gasteiger partial charge in [0.1, 0.15) is 0 Å². The molecule has 0 aliphatic heterocycles. The largest absolute Gasteiger partial charge is 0.441 e. The number of aromatic nitrogens is 1. The molecule has 8 heteroatoms. The van der Waals surface area contributed by atoms with E-state index in [9.17, 15) is 18.0 Å². The number of rotatable bonds is 4. The molecule has 0 saturated carbocycles. The molecule has 0 saturated heterocycles.